The number of terminal acetylenes is 1. The number of morpholine rings is 1. The van der Waals surface area contributed by atoms with Gasteiger partial charge in [0, 0.05) is 13.1 Å². The summed E-state index contributed by atoms with van der Waals surface area (Å²) in [4.78, 5) is 12.4. The number of carboxylic acids is 1. The Morgan fingerprint density at radius 3 is 3.15 bits per heavy atom. The number of ether oxygens (including phenoxy) is 1. The van der Waals surface area contributed by atoms with Gasteiger partial charge in [0.25, 0.3) is 0 Å². The Morgan fingerprint density at radius 1 is 1.77 bits per heavy atom. The van der Waals surface area contributed by atoms with Gasteiger partial charge in [0.2, 0.25) is 0 Å². The third-order valence-corrected chi connectivity index (χ3v) is 1.94. The summed E-state index contributed by atoms with van der Waals surface area (Å²) in [7, 11) is 0. The van der Waals surface area contributed by atoms with Gasteiger partial charge in [-0.25, -0.2) is 0 Å². The maximum absolute atomic E-state index is 10.4. The van der Waals surface area contributed by atoms with Gasteiger partial charge in [-0.3, -0.25) is 9.69 Å². The summed E-state index contributed by atoms with van der Waals surface area (Å²) < 4.78 is 5.27. The molecule has 0 aliphatic carbocycles. The minimum atomic E-state index is -0.826. The Balaban J connectivity index is 2.33. The fourth-order valence-electron chi connectivity index (χ4n) is 1.37. The Labute approximate surface area is 77.5 Å². The molecule has 1 aliphatic heterocycles. The molecule has 1 heterocycles. The summed E-state index contributed by atoms with van der Waals surface area (Å²) in [6.07, 6.45) is 5.01. The molecule has 1 atom stereocenters. The van der Waals surface area contributed by atoms with Crippen LogP contribution in [0.2, 0.25) is 0 Å². The van der Waals surface area contributed by atoms with E-state index in [0.717, 1.165) is 6.54 Å². The number of hydrogen-bond acceptors (Lipinski definition) is 3. The lowest BCUT2D eigenvalue weighted by Crippen LogP contribution is -2.43. The predicted molar refractivity (Wildman–Crippen MR) is 47.3 cm³/mol. The Bertz CT molecular complexity index is 221. The van der Waals surface area contributed by atoms with Crippen molar-refractivity contribution in [2.24, 2.45) is 0 Å². The molecule has 1 rings (SSSR count). The van der Waals surface area contributed by atoms with Gasteiger partial charge < -0.3 is 9.84 Å². The van der Waals surface area contributed by atoms with Crippen LogP contribution in [-0.2, 0) is 9.53 Å². The summed E-state index contributed by atoms with van der Waals surface area (Å²) in [5, 5.41) is 8.54. The first-order valence-corrected chi connectivity index (χ1v) is 4.21. The summed E-state index contributed by atoms with van der Waals surface area (Å²) in [5.41, 5.74) is 0. The predicted octanol–water partition coefficient (Wildman–Crippen LogP) is -0.205. The van der Waals surface area contributed by atoms with Crippen LogP contribution in [-0.4, -0.2) is 48.3 Å². The third-order valence-electron chi connectivity index (χ3n) is 1.94. The van der Waals surface area contributed by atoms with E-state index in [1.54, 1.807) is 0 Å². The lowest BCUT2D eigenvalue weighted by Gasteiger charge is -2.30. The minimum absolute atomic E-state index is 0.0566. The van der Waals surface area contributed by atoms with Crippen LogP contribution >= 0.6 is 0 Å². The van der Waals surface area contributed by atoms with Crippen molar-refractivity contribution in [3.63, 3.8) is 0 Å². The number of hydrogen-bond donors (Lipinski definition) is 1. The van der Waals surface area contributed by atoms with Gasteiger partial charge >= 0.3 is 5.97 Å². The van der Waals surface area contributed by atoms with E-state index >= 15 is 0 Å². The highest BCUT2D eigenvalue weighted by atomic mass is 16.5. The fraction of sp³-hybridized carbons (Fsp3) is 0.667. The molecule has 4 nitrogen and oxygen atoms in total. The molecule has 4 heteroatoms. The molecule has 0 aromatic carbocycles. The quantitative estimate of drug-likeness (QED) is 0.615. The summed E-state index contributed by atoms with van der Waals surface area (Å²) in [6, 6.07) is 0. The van der Waals surface area contributed by atoms with Crippen molar-refractivity contribution >= 4 is 5.97 Å². The van der Waals surface area contributed by atoms with Crippen molar-refractivity contribution in [3.8, 4) is 12.3 Å². The van der Waals surface area contributed by atoms with Gasteiger partial charge in [-0.05, 0) is 0 Å². The first kappa shape index (κ1) is 10.0. The molecule has 72 valence electrons. The van der Waals surface area contributed by atoms with Crippen LogP contribution in [0.4, 0.5) is 0 Å². The second-order valence-corrected chi connectivity index (χ2v) is 3.03. The van der Waals surface area contributed by atoms with Crippen LogP contribution in [0.3, 0.4) is 0 Å². The molecule has 0 aromatic heterocycles. The first-order valence-electron chi connectivity index (χ1n) is 4.21. The van der Waals surface area contributed by atoms with Gasteiger partial charge in [0.05, 0.1) is 25.7 Å². The van der Waals surface area contributed by atoms with E-state index in [9.17, 15) is 4.79 Å². The molecule has 1 aliphatic rings. The highest BCUT2D eigenvalue weighted by Gasteiger charge is 2.21. The van der Waals surface area contributed by atoms with Crippen molar-refractivity contribution in [2.45, 2.75) is 12.5 Å². The molecular weight excluding hydrogens is 170 g/mol. The topological polar surface area (TPSA) is 49.8 Å². The molecule has 13 heavy (non-hydrogen) atoms. The molecule has 1 N–H and O–H groups in total. The van der Waals surface area contributed by atoms with Gasteiger partial charge in [-0.1, -0.05) is 5.92 Å². The minimum Gasteiger partial charge on any atom is -0.481 e. The zero-order chi connectivity index (χ0) is 9.68. The van der Waals surface area contributed by atoms with Crippen molar-refractivity contribution in [1.29, 1.82) is 0 Å². The van der Waals surface area contributed by atoms with Crippen molar-refractivity contribution in [2.75, 3.05) is 26.2 Å². The van der Waals surface area contributed by atoms with E-state index in [1.165, 1.54) is 0 Å². The van der Waals surface area contributed by atoms with E-state index < -0.39 is 5.97 Å². The van der Waals surface area contributed by atoms with E-state index in [2.05, 4.69) is 5.92 Å². The van der Waals surface area contributed by atoms with Crippen LogP contribution < -0.4 is 0 Å². The van der Waals surface area contributed by atoms with Gasteiger partial charge in [-0.2, -0.15) is 0 Å². The average Bonchev–Trinajstić information content (AvgIpc) is 2.04. The largest absolute Gasteiger partial charge is 0.481 e. The Morgan fingerprint density at radius 2 is 2.54 bits per heavy atom. The fourth-order valence-corrected chi connectivity index (χ4v) is 1.37. The molecule has 0 amide bonds. The normalized spacial score (nSPS) is 23.8. The Kier molecular flexibility index (Phi) is 3.74. The number of aliphatic carboxylic acids is 1. The molecule has 1 saturated heterocycles. The number of rotatable bonds is 3. The standard InChI is InChI=1S/C9H13NO3/c1-2-3-10-4-5-13-8(7-10)6-9(11)12/h1,8H,3-7H2,(H,11,12). The van der Waals surface area contributed by atoms with E-state index in [4.69, 9.17) is 16.3 Å². The van der Waals surface area contributed by atoms with Crippen LogP contribution in [0.5, 0.6) is 0 Å². The second kappa shape index (κ2) is 4.85. The molecule has 1 fully saturated rings. The van der Waals surface area contributed by atoms with Crippen LogP contribution in [0.15, 0.2) is 0 Å². The van der Waals surface area contributed by atoms with E-state index in [0.29, 0.717) is 19.7 Å². The van der Waals surface area contributed by atoms with E-state index in [-0.39, 0.29) is 12.5 Å². The smallest absolute Gasteiger partial charge is 0.306 e. The third kappa shape index (κ3) is 3.45. The summed E-state index contributed by atoms with van der Waals surface area (Å²) >= 11 is 0. The van der Waals surface area contributed by atoms with Gasteiger partial charge in [-0.15, -0.1) is 6.42 Å². The van der Waals surface area contributed by atoms with Crippen molar-refractivity contribution in [1.82, 2.24) is 4.90 Å². The highest BCUT2D eigenvalue weighted by molar-refractivity contribution is 5.67. The van der Waals surface area contributed by atoms with Crippen LogP contribution in [0.25, 0.3) is 0 Å². The number of carboxylic acid groups (broad SMARTS) is 1. The maximum Gasteiger partial charge on any atom is 0.306 e. The van der Waals surface area contributed by atoms with Gasteiger partial charge in [0.15, 0.2) is 0 Å². The number of nitrogens with zero attached hydrogens (tertiary/aromatic N) is 1. The molecule has 0 saturated carbocycles. The number of carbonyl (C=O) groups is 1. The molecule has 1 unspecified atom stereocenters. The van der Waals surface area contributed by atoms with E-state index in [1.807, 2.05) is 4.90 Å². The molecular formula is C9H13NO3. The zero-order valence-corrected chi connectivity index (χ0v) is 7.40. The van der Waals surface area contributed by atoms with Crippen LogP contribution in [0, 0.1) is 12.3 Å². The second-order valence-electron chi connectivity index (χ2n) is 3.03. The Hall–Kier alpha value is -1.05. The van der Waals surface area contributed by atoms with Gasteiger partial charge in [0.1, 0.15) is 0 Å². The van der Waals surface area contributed by atoms with Crippen molar-refractivity contribution < 1.29 is 14.6 Å². The molecule has 0 aromatic rings. The maximum atomic E-state index is 10.4. The molecule has 0 radical (unpaired) electrons. The SMILES string of the molecule is C#CCN1CCOC(CC(=O)O)C1. The van der Waals surface area contributed by atoms with Crippen molar-refractivity contribution in [3.05, 3.63) is 0 Å². The first-order chi connectivity index (χ1) is 6.22. The zero-order valence-electron chi connectivity index (χ0n) is 7.40. The lowest BCUT2D eigenvalue weighted by molar-refractivity contribution is -0.142. The average molecular weight is 183 g/mol. The van der Waals surface area contributed by atoms with Crippen LogP contribution in [0.1, 0.15) is 6.42 Å². The molecule has 0 bridgehead atoms. The molecule has 0 spiro atoms. The highest BCUT2D eigenvalue weighted by Crippen LogP contribution is 2.07. The monoisotopic (exact) mass is 183 g/mol. The summed E-state index contributed by atoms with van der Waals surface area (Å²) in [5.74, 6) is 1.71. The lowest BCUT2D eigenvalue weighted by atomic mass is 10.2. The summed E-state index contributed by atoms with van der Waals surface area (Å²) in [6.45, 7) is 2.55.